The molecule has 0 unspecified atom stereocenters. The summed E-state index contributed by atoms with van der Waals surface area (Å²) in [4.78, 5) is 10.2. The van der Waals surface area contributed by atoms with Gasteiger partial charge in [0.15, 0.2) is 0 Å². The van der Waals surface area contributed by atoms with E-state index in [9.17, 15) is 0 Å². The van der Waals surface area contributed by atoms with E-state index in [1.54, 1.807) is 12.5 Å². The average molecular weight is 184 g/mol. The van der Waals surface area contributed by atoms with Gasteiger partial charge >= 0.3 is 0 Å². The number of nitrogens with zero attached hydrogens (tertiary/aromatic N) is 3. The van der Waals surface area contributed by atoms with E-state index in [1.807, 2.05) is 6.07 Å². The lowest BCUT2D eigenvalue weighted by Gasteiger charge is -2.15. The van der Waals surface area contributed by atoms with Crippen molar-refractivity contribution in [2.24, 2.45) is 0 Å². The summed E-state index contributed by atoms with van der Waals surface area (Å²) in [6.45, 7) is 1.91. The van der Waals surface area contributed by atoms with Crippen molar-refractivity contribution in [1.29, 1.82) is 0 Å². The standard InChI is InChI=1S/C8H10ClN3/c9-7-2-4-12(5-7)8-1-3-10-6-11-8/h1,3,6-7H,2,4-5H2/t7-/m0/s1. The molecule has 1 aliphatic heterocycles. The van der Waals surface area contributed by atoms with E-state index in [1.165, 1.54) is 0 Å². The summed E-state index contributed by atoms with van der Waals surface area (Å²) in [7, 11) is 0. The number of rotatable bonds is 1. The van der Waals surface area contributed by atoms with Crippen molar-refractivity contribution >= 4 is 17.4 Å². The Morgan fingerprint density at radius 3 is 3.08 bits per heavy atom. The van der Waals surface area contributed by atoms with Crippen LogP contribution in [0.1, 0.15) is 6.42 Å². The lowest BCUT2D eigenvalue weighted by atomic mass is 10.4. The molecular formula is C8H10ClN3. The third-order valence-corrected chi connectivity index (χ3v) is 2.38. The van der Waals surface area contributed by atoms with Crippen LogP contribution in [0.3, 0.4) is 0 Å². The maximum atomic E-state index is 5.97. The van der Waals surface area contributed by atoms with Crippen molar-refractivity contribution in [2.75, 3.05) is 18.0 Å². The first kappa shape index (κ1) is 7.80. The van der Waals surface area contributed by atoms with Crippen molar-refractivity contribution in [3.8, 4) is 0 Å². The fraction of sp³-hybridized carbons (Fsp3) is 0.500. The molecule has 64 valence electrons. The zero-order valence-electron chi connectivity index (χ0n) is 6.65. The molecule has 1 aromatic heterocycles. The Morgan fingerprint density at radius 2 is 2.50 bits per heavy atom. The minimum atomic E-state index is 0.278. The van der Waals surface area contributed by atoms with Gasteiger partial charge < -0.3 is 4.90 Å². The molecule has 1 aliphatic rings. The monoisotopic (exact) mass is 183 g/mol. The summed E-state index contributed by atoms with van der Waals surface area (Å²) in [5.74, 6) is 0.980. The van der Waals surface area contributed by atoms with E-state index in [0.717, 1.165) is 25.3 Å². The molecule has 0 saturated carbocycles. The van der Waals surface area contributed by atoms with Gasteiger partial charge in [0.2, 0.25) is 0 Å². The quantitative estimate of drug-likeness (QED) is 0.615. The molecule has 2 heterocycles. The van der Waals surface area contributed by atoms with Gasteiger partial charge in [-0.1, -0.05) is 0 Å². The predicted octanol–water partition coefficient (Wildman–Crippen LogP) is 1.29. The number of hydrogen-bond acceptors (Lipinski definition) is 3. The van der Waals surface area contributed by atoms with E-state index in [2.05, 4.69) is 14.9 Å². The van der Waals surface area contributed by atoms with Crippen LogP contribution in [-0.2, 0) is 0 Å². The highest BCUT2D eigenvalue weighted by molar-refractivity contribution is 6.21. The Labute approximate surface area is 76.4 Å². The third kappa shape index (κ3) is 1.50. The maximum Gasteiger partial charge on any atom is 0.131 e. The molecule has 0 bridgehead atoms. The minimum Gasteiger partial charge on any atom is -0.355 e. The molecule has 1 aromatic rings. The second-order valence-electron chi connectivity index (χ2n) is 2.90. The van der Waals surface area contributed by atoms with Crippen LogP contribution in [0.5, 0.6) is 0 Å². The van der Waals surface area contributed by atoms with E-state index < -0.39 is 0 Å². The van der Waals surface area contributed by atoms with Gasteiger partial charge in [-0.15, -0.1) is 11.6 Å². The second-order valence-corrected chi connectivity index (χ2v) is 3.52. The molecule has 0 aliphatic carbocycles. The summed E-state index contributed by atoms with van der Waals surface area (Å²) < 4.78 is 0. The topological polar surface area (TPSA) is 29.0 Å². The van der Waals surface area contributed by atoms with Crippen molar-refractivity contribution < 1.29 is 0 Å². The highest BCUT2D eigenvalue weighted by Crippen LogP contribution is 2.19. The number of aromatic nitrogens is 2. The molecule has 1 atom stereocenters. The van der Waals surface area contributed by atoms with E-state index in [0.29, 0.717) is 0 Å². The highest BCUT2D eigenvalue weighted by Gasteiger charge is 2.20. The number of anilines is 1. The van der Waals surface area contributed by atoms with Crippen molar-refractivity contribution in [3.63, 3.8) is 0 Å². The summed E-state index contributed by atoms with van der Waals surface area (Å²) in [5, 5.41) is 0.278. The zero-order chi connectivity index (χ0) is 8.39. The molecular weight excluding hydrogens is 174 g/mol. The smallest absolute Gasteiger partial charge is 0.131 e. The maximum absolute atomic E-state index is 5.97. The number of hydrogen-bond donors (Lipinski definition) is 0. The van der Waals surface area contributed by atoms with Crippen molar-refractivity contribution in [2.45, 2.75) is 11.8 Å². The molecule has 12 heavy (non-hydrogen) atoms. The summed E-state index contributed by atoms with van der Waals surface area (Å²) >= 11 is 5.97. The van der Waals surface area contributed by atoms with E-state index >= 15 is 0 Å². The molecule has 2 rings (SSSR count). The summed E-state index contributed by atoms with van der Waals surface area (Å²) in [5.41, 5.74) is 0. The highest BCUT2D eigenvalue weighted by atomic mass is 35.5. The van der Waals surface area contributed by atoms with Gasteiger partial charge in [-0.05, 0) is 12.5 Å². The molecule has 0 spiro atoms. The van der Waals surface area contributed by atoms with Gasteiger partial charge in [0.05, 0.1) is 5.38 Å². The van der Waals surface area contributed by atoms with Crippen LogP contribution in [-0.4, -0.2) is 28.4 Å². The van der Waals surface area contributed by atoms with Crippen molar-refractivity contribution in [3.05, 3.63) is 18.6 Å². The second kappa shape index (κ2) is 3.27. The summed E-state index contributed by atoms with van der Waals surface area (Å²) in [6.07, 6.45) is 4.37. The fourth-order valence-corrected chi connectivity index (χ4v) is 1.66. The lowest BCUT2D eigenvalue weighted by molar-refractivity contribution is 0.928. The first-order valence-corrected chi connectivity index (χ1v) is 4.45. The van der Waals surface area contributed by atoms with Gasteiger partial charge in [-0.2, -0.15) is 0 Å². The molecule has 0 aromatic carbocycles. The Morgan fingerprint density at radius 1 is 1.58 bits per heavy atom. The molecule has 0 amide bonds. The minimum absolute atomic E-state index is 0.278. The van der Waals surface area contributed by atoms with Gasteiger partial charge in [0, 0.05) is 19.3 Å². The van der Waals surface area contributed by atoms with Crippen LogP contribution in [0.2, 0.25) is 0 Å². The first-order valence-electron chi connectivity index (χ1n) is 4.01. The zero-order valence-corrected chi connectivity index (χ0v) is 7.41. The molecule has 3 nitrogen and oxygen atoms in total. The first-order chi connectivity index (χ1) is 5.86. The van der Waals surface area contributed by atoms with Gasteiger partial charge in [-0.25, -0.2) is 9.97 Å². The Kier molecular flexibility index (Phi) is 2.13. The Hall–Kier alpha value is -0.830. The Balaban J connectivity index is 2.11. The third-order valence-electron chi connectivity index (χ3n) is 2.02. The molecule has 0 radical (unpaired) electrons. The average Bonchev–Trinajstić information content (AvgIpc) is 2.54. The Bertz CT molecular complexity index is 252. The SMILES string of the molecule is Cl[C@H]1CCN(c2ccncn2)C1. The fourth-order valence-electron chi connectivity index (χ4n) is 1.40. The van der Waals surface area contributed by atoms with E-state index in [4.69, 9.17) is 11.6 Å². The number of alkyl halides is 1. The lowest BCUT2D eigenvalue weighted by Crippen LogP contribution is -2.20. The normalized spacial score (nSPS) is 23.1. The van der Waals surface area contributed by atoms with E-state index in [-0.39, 0.29) is 5.38 Å². The van der Waals surface area contributed by atoms with Crippen LogP contribution in [0.25, 0.3) is 0 Å². The van der Waals surface area contributed by atoms with Crippen molar-refractivity contribution in [1.82, 2.24) is 9.97 Å². The molecule has 1 fully saturated rings. The van der Waals surface area contributed by atoms with Crippen LogP contribution in [0, 0.1) is 0 Å². The number of halogens is 1. The summed E-state index contributed by atoms with van der Waals surface area (Å²) in [6, 6.07) is 1.91. The van der Waals surface area contributed by atoms with Crippen LogP contribution in [0.15, 0.2) is 18.6 Å². The van der Waals surface area contributed by atoms with Crippen LogP contribution < -0.4 is 4.90 Å². The van der Waals surface area contributed by atoms with Gasteiger partial charge in [0.1, 0.15) is 12.1 Å². The van der Waals surface area contributed by atoms with Gasteiger partial charge in [-0.3, -0.25) is 0 Å². The predicted molar refractivity (Wildman–Crippen MR) is 48.5 cm³/mol. The van der Waals surface area contributed by atoms with Crippen LogP contribution in [0.4, 0.5) is 5.82 Å². The van der Waals surface area contributed by atoms with Gasteiger partial charge in [0.25, 0.3) is 0 Å². The molecule has 4 heteroatoms. The molecule has 0 N–H and O–H groups in total. The molecule has 1 saturated heterocycles. The van der Waals surface area contributed by atoms with Crippen LogP contribution >= 0.6 is 11.6 Å². The largest absolute Gasteiger partial charge is 0.355 e.